The quantitative estimate of drug-likeness (QED) is 0.219. The number of carbonyl (C=O) groups excluding carboxylic acids is 3. The number of phenolic OH excluding ortho intramolecular Hbond substituents is 1. The second kappa shape index (κ2) is 14.4. The fourth-order valence-electron chi connectivity index (χ4n) is 3.02. The van der Waals surface area contributed by atoms with Gasteiger partial charge in [-0.3, -0.25) is 19.2 Å². The molecule has 7 N–H and O–H groups in total. The Balaban J connectivity index is 2.84. The number of carboxylic acid groups (broad SMARTS) is 1. The van der Waals surface area contributed by atoms with E-state index in [-0.39, 0.29) is 18.1 Å². The average Bonchev–Trinajstić information content (AvgIpc) is 2.75. The number of thioether (sulfide) groups is 1. The number of aliphatic carboxylic acids is 1. The van der Waals surface area contributed by atoms with Gasteiger partial charge in [0, 0.05) is 0 Å². The van der Waals surface area contributed by atoms with Gasteiger partial charge in [0.05, 0.1) is 6.04 Å². The van der Waals surface area contributed by atoms with Crippen molar-refractivity contribution in [2.24, 2.45) is 11.7 Å². The van der Waals surface area contributed by atoms with Crippen molar-refractivity contribution in [1.29, 1.82) is 0 Å². The molecule has 0 aromatic heterocycles. The van der Waals surface area contributed by atoms with Crippen LogP contribution < -0.4 is 21.7 Å². The number of nitrogens with two attached hydrogens (primary N) is 1. The SMILES string of the molecule is CSCCC(NC(=O)C(CC(C)C)NC(=O)C(N)Cc1ccc(O)cc1)C(=O)NCC(=O)O. The number of amides is 3. The molecule has 3 unspecified atom stereocenters. The standard InChI is InChI=1S/C22H34N4O6S/c1-13(2)10-18(26-20(30)16(23)11-14-4-6-15(27)7-5-14)22(32)25-17(8-9-33-3)21(31)24-12-19(28)29/h4-7,13,16-18,27H,8-12,23H2,1-3H3,(H,24,31)(H,25,32)(H,26,30)(H,28,29). The van der Waals surface area contributed by atoms with Crippen molar-refractivity contribution in [2.75, 3.05) is 18.6 Å². The highest BCUT2D eigenvalue weighted by molar-refractivity contribution is 7.98. The minimum absolute atomic E-state index is 0.0693. The number of benzene rings is 1. The maximum absolute atomic E-state index is 13.0. The van der Waals surface area contributed by atoms with E-state index in [2.05, 4.69) is 16.0 Å². The van der Waals surface area contributed by atoms with Crippen LogP contribution in [0.15, 0.2) is 24.3 Å². The largest absolute Gasteiger partial charge is 0.508 e. The van der Waals surface area contributed by atoms with Gasteiger partial charge in [0.15, 0.2) is 0 Å². The predicted octanol–water partition coefficient (Wildman–Crippen LogP) is 0.232. The van der Waals surface area contributed by atoms with Gasteiger partial charge in [-0.15, -0.1) is 0 Å². The number of hydrogen-bond acceptors (Lipinski definition) is 7. The molecule has 0 saturated heterocycles. The van der Waals surface area contributed by atoms with Crippen molar-refractivity contribution >= 4 is 35.5 Å². The summed E-state index contributed by atoms with van der Waals surface area (Å²) in [5.41, 5.74) is 6.78. The minimum Gasteiger partial charge on any atom is -0.508 e. The molecule has 0 saturated carbocycles. The Kier molecular flexibility index (Phi) is 12.3. The molecule has 0 spiro atoms. The molecular weight excluding hydrogens is 448 g/mol. The Hall–Kier alpha value is -2.79. The third-order valence-corrected chi connectivity index (χ3v) is 5.37. The summed E-state index contributed by atoms with van der Waals surface area (Å²) in [6, 6.07) is 3.56. The zero-order chi connectivity index (χ0) is 25.0. The van der Waals surface area contributed by atoms with E-state index in [1.807, 2.05) is 20.1 Å². The third kappa shape index (κ3) is 11.1. The number of hydrogen-bond donors (Lipinski definition) is 6. The lowest BCUT2D eigenvalue weighted by Crippen LogP contribution is -2.56. The van der Waals surface area contributed by atoms with Gasteiger partial charge in [0.1, 0.15) is 24.4 Å². The molecule has 3 atom stereocenters. The van der Waals surface area contributed by atoms with Crippen LogP contribution in [0.25, 0.3) is 0 Å². The molecule has 11 heteroatoms. The van der Waals surface area contributed by atoms with Crippen LogP contribution in [0, 0.1) is 5.92 Å². The van der Waals surface area contributed by atoms with Crippen molar-refractivity contribution in [3.63, 3.8) is 0 Å². The maximum Gasteiger partial charge on any atom is 0.322 e. The van der Waals surface area contributed by atoms with Crippen LogP contribution in [0.2, 0.25) is 0 Å². The van der Waals surface area contributed by atoms with Gasteiger partial charge in [0.25, 0.3) is 0 Å². The van der Waals surface area contributed by atoms with Crippen molar-refractivity contribution in [2.45, 2.75) is 51.2 Å². The lowest BCUT2D eigenvalue weighted by Gasteiger charge is -2.25. The van der Waals surface area contributed by atoms with Crippen LogP contribution in [0.5, 0.6) is 5.75 Å². The van der Waals surface area contributed by atoms with Crippen LogP contribution in [-0.4, -0.2) is 70.6 Å². The van der Waals surface area contributed by atoms with Crippen LogP contribution >= 0.6 is 11.8 Å². The molecule has 0 aliphatic rings. The number of rotatable bonds is 14. The van der Waals surface area contributed by atoms with Gasteiger partial charge in [-0.05, 0) is 54.9 Å². The van der Waals surface area contributed by atoms with Gasteiger partial charge in [0.2, 0.25) is 17.7 Å². The van der Waals surface area contributed by atoms with Crippen molar-refractivity contribution < 1.29 is 29.4 Å². The molecule has 1 aromatic carbocycles. The van der Waals surface area contributed by atoms with Crippen molar-refractivity contribution in [3.05, 3.63) is 29.8 Å². The van der Waals surface area contributed by atoms with Crippen LogP contribution in [0.1, 0.15) is 32.3 Å². The number of carbonyl (C=O) groups is 4. The summed E-state index contributed by atoms with van der Waals surface area (Å²) in [5.74, 6) is -2.09. The Bertz CT molecular complexity index is 803. The van der Waals surface area contributed by atoms with Crippen molar-refractivity contribution in [3.8, 4) is 5.75 Å². The first-order chi connectivity index (χ1) is 15.5. The minimum atomic E-state index is -1.19. The molecule has 10 nitrogen and oxygen atoms in total. The first-order valence-corrected chi connectivity index (χ1v) is 12.1. The Morgan fingerprint density at radius 2 is 1.61 bits per heavy atom. The number of phenols is 1. The maximum atomic E-state index is 13.0. The predicted molar refractivity (Wildman–Crippen MR) is 127 cm³/mol. The fraction of sp³-hybridized carbons (Fsp3) is 0.545. The summed E-state index contributed by atoms with van der Waals surface area (Å²) >= 11 is 1.48. The molecule has 3 amide bonds. The molecule has 0 bridgehead atoms. The highest BCUT2D eigenvalue weighted by atomic mass is 32.2. The summed E-state index contributed by atoms with van der Waals surface area (Å²) < 4.78 is 0. The molecule has 184 valence electrons. The first kappa shape index (κ1) is 28.2. The normalized spacial score (nSPS) is 13.6. The summed E-state index contributed by atoms with van der Waals surface area (Å²) in [6.07, 6.45) is 2.71. The second-order valence-electron chi connectivity index (χ2n) is 8.12. The van der Waals surface area contributed by atoms with E-state index in [9.17, 15) is 24.3 Å². The zero-order valence-electron chi connectivity index (χ0n) is 19.2. The molecule has 33 heavy (non-hydrogen) atoms. The number of nitrogens with one attached hydrogen (secondary N) is 3. The first-order valence-electron chi connectivity index (χ1n) is 10.7. The topological polar surface area (TPSA) is 171 Å². The van der Waals surface area contributed by atoms with Gasteiger partial charge in [-0.25, -0.2) is 0 Å². The summed E-state index contributed by atoms with van der Waals surface area (Å²) in [4.78, 5) is 48.7. The van der Waals surface area contributed by atoms with E-state index < -0.39 is 48.4 Å². The van der Waals surface area contributed by atoms with Crippen LogP contribution in [0.3, 0.4) is 0 Å². The van der Waals surface area contributed by atoms with E-state index in [1.54, 1.807) is 12.1 Å². The van der Waals surface area contributed by atoms with Gasteiger partial charge < -0.3 is 31.9 Å². The number of carboxylic acids is 1. The lowest BCUT2D eigenvalue weighted by atomic mass is 10.0. The molecule has 1 rings (SSSR count). The van der Waals surface area contributed by atoms with Crippen LogP contribution in [0.4, 0.5) is 0 Å². The van der Waals surface area contributed by atoms with Gasteiger partial charge >= 0.3 is 5.97 Å². The van der Waals surface area contributed by atoms with Crippen LogP contribution in [-0.2, 0) is 25.6 Å². The molecular formula is C22H34N4O6S. The summed E-state index contributed by atoms with van der Waals surface area (Å²) in [6.45, 7) is 3.24. The highest BCUT2D eigenvalue weighted by Crippen LogP contribution is 2.12. The van der Waals surface area contributed by atoms with Crippen molar-refractivity contribution in [1.82, 2.24) is 16.0 Å². The monoisotopic (exact) mass is 482 g/mol. The van der Waals surface area contributed by atoms with Gasteiger partial charge in [-0.1, -0.05) is 26.0 Å². The molecule has 1 aromatic rings. The second-order valence-corrected chi connectivity index (χ2v) is 9.11. The summed E-state index contributed by atoms with van der Waals surface area (Å²) in [5, 5.41) is 25.8. The lowest BCUT2D eigenvalue weighted by molar-refractivity contribution is -0.138. The van der Waals surface area contributed by atoms with Gasteiger partial charge in [-0.2, -0.15) is 11.8 Å². The van der Waals surface area contributed by atoms with E-state index in [0.717, 1.165) is 5.56 Å². The van der Waals surface area contributed by atoms with E-state index in [1.165, 1.54) is 23.9 Å². The number of aromatic hydroxyl groups is 1. The highest BCUT2D eigenvalue weighted by Gasteiger charge is 2.28. The average molecular weight is 483 g/mol. The fourth-order valence-corrected chi connectivity index (χ4v) is 3.49. The van der Waals surface area contributed by atoms with E-state index in [4.69, 9.17) is 10.8 Å². The molecule has 0 aliphatic carbocycles. The smallest absolute Gasteiger partial charge is 0.322 e. The van der Waals surface area contributed by atoms with E-state index >= 15 is 0 Å². The van der Waals surface area contributed by atoms with E-state index in [0.29, 0.717) is 18.6 Å². The Morgan fingerprint density at radius 1 is 1.00 bits per heavy atom. The Labute approximate surface area is 198 Å². The zero-order valence-corrected chi connectivity index (χ0v) is 20.0. The third-order valence-electron chi connectivity index (χ3n) is 4.73. The molecule has 0 fully saturated rings. The molecule has 0 aliphatic heterocycles. The molecule has 0 radical (unpaired) electrons. The Morgan fingerprint density at radius 3 is 2.15 bits per heavy atom. The summed E-state index contributed by atoms with van der Waals surface area (Å²) in [7, 11) is 0. The molecule has 0 heterocycles.